The van der Waals surface area contributed by atoms with Crippen molar-refractivity contribution in [1.82, 2.24) is 0 Å². The van der Waals surface area contributed by atoms with Crippen LogP contribution in [0, 0.1) is 10.2 Å². The van der Waals surface area contributed by atoms with Crippen molar-refractivity contribution in [2.45, 2.75) is 26.7 Å². The van der Waals surface area contributed by atoms with Crippen LogP contribution in [0.15, 0.2) is 24.3 Å². The van der Waals surface area contributed by atoms with Crippen molar-refractivity contribution in [3.05, 3.63) is 24.3 Å². The van der Waals surface area contributed by atoms with E-state index in [9.17, 15) is 0 Å². The Morgan fingerprint density at radius 2 is 1.69 bits per heavy atom. The quantitative estimate of drug-likeness (QED) is 0.747. The van der Waals surface area contributed by atoms with E-state index in [1.165, 1.54) is 18.5 Å². The van der Waals surface area contributed by atoms with Crippen LogP contribution >= 0.6 is 0 Å². The molecule has 1 rings (SSSR count). The molecule has 0 radical (unpaired) electrons. The first-order valence-electron chi connectivity index (χ1n) is 5.72. The number of anilines is 1. The van der Waals surface area contributed by atoms with Crippen LogP contribution < -0.4 is 9.36 Å². The molecule has 3 heteroatoms. The summed E-state index contributed by atoms with van der Waals surface area (Å²) in [5.74, 6) is 0. The van der Waals surface area contributed by atoms with Gasteiger partial charge in [0.2, 0.25) is 0 Å². The van der Waals surface area contributed by atoms with Crippen LogP contribution in [0.2, 0.25) is 0 Å². The van der Waals surface area contributed by atoms with Gasteiger partial charge in [-0.15, -0.1) is 0 Å². The summed E-state index contributed by atoms with van der Waals surface area (Å²) in [7, 11) is 0. The number of rotatable bonds is 6. The summed E-state index contributed by atoms with van der Waals surface area (Å²) in [6, 6.07) is 8.44. The van der Waals surface area contributed by atoms with E-state index in [-0.39, 0.29) is 15.0 Å². The standard InChI is InChI=1S/C13H18N2Se/c1-3-9-15(10-4-2)12-5-7-13(8-6-12)16-11-14/h5-8H,3-4,9-10H2,1-2H3. The first-order chi connectivity index (χ1) is 7.81. The molecule has 0 amide bonds. The molecule has 0 aromatic heterocycles. The van der Waals surface area contributed by atoms with Crippen molar-refractivity contribution >= 4 is 25.1 Å². The predicted octanol–water partition coefficient (Wildman–Crippen LogP) is 2.12. The number of benzene rings is 1. The summed E-state index contributed by atoms with van der Waals surface area (Å²) in [6.07, 6.45) is 2.34. The number of nitrogens with zero attached hydrogens (tertiary/aromatic N) is 2. The van der Waals surface area contributed by atoms with Gasteiger partial charge in [0.25, 0.3) is 0 Å². The summed E-state index contributed by atoms with van der Waals surface area (Å²) < 4.78 is 1.16. The fourth-order valence-corrected chi connectivity index (χ4v) is 2.48. The van der Waals surface area contributed by atoms with Crippen LogP contribution in [0.5, 0.6) is 0 Å². The second kappa shape index (κ2) is 7.33. The Balaban J connectivity index is 2.73. The van der Waals surface area contributed by atoms with Crippen LogP contribution in [0.4, 0.5) is 5.69 Å². The van der Waals surface area contributed by atoms with E-state index in [2.05, 4.69) is 48.0 Å². The molecule has 0 spiro atoms. The SMILES string of the molecule is CCCN(CCC)c1ccc([Se]C#N)cc1. The average molecular weight is 281 g/mol. The fraction of sp³-hybridized carbons (Fsp3) is 0.462. The summed E-state index contributed by atoms with van der Waals surface area (Å²) in [6.45, 7) is 6.62. The Morgan fingerprint density at radius 1 is 1.12 bits per heavy atom. The molecule has 0 aliphatic heterocycles. The van der Waals surface area contributed by atoms with Gasteiger partial charge in [-0.25, -0.2) is 0 Å². The maximum atomic E-state index is 8.63. The molecule has 0 saturated carbocycles. The Morgan fingerprint density at radius 3 is 2.12 bits per heavy atom. The van der Waals surface area contributed by atoms with Crippen molar-refractivity contribution < 1.29 is 0 Å². The third kappa shape index (κ3) is 3.89. The number of hydrogen-bond donors (Lipinski definition) is 0. The van der Waals surface area contributed by atoms with E-state index >= 15 is 0 Å². The van der Waals surface area contributed by atoms with E-state index in [4.69, 9.17) is 5.26 Å². The molecule has 0 heterocycles. The minimum atomic E-state index is -0.0289. The van der Waals surface area contributed by atoms with Crippen molar-refractivity contribution in [2.24, 2.45) is 0 Å². The molecule has 0 aliphatic carbocycles. The molecule has 0 fully saturated rings. The van der Waals surface area contributed by atoms with Crippen LogP contribution in [0.3, 0.4) is 0 Å². The van der Waals surface area contributed by atoms with Crippen LogP contribution in [-0.2, 0) is 0 Å². The zero-order chi connectivity index (χ0) is 11.8. The summed E-state index contributed by atoms with van der Waals surface area (Å²) in [4.78, 5) is 4.64. The zero-order valence-corrected chi connectivity index (χ0v) is 11.7. The number of nitriles is 1. The van der Waals surface area contributed by atoms with Gasteiger partial charge in [0.05, 0.1) is 0 Å². The Labute approximate surface area is 104 Å². The van der Waals surface area contributed by atoms with Gasteiger partial charge in [-0.05, 0) is 0 Å². The van der Waals surface area contributed by atoms with E-state index in [1.807, 2.05) is 0 Å². The molecule has 0 saturated heterocycles. The molecule has 16 heavy (non-hydrogen) atoms. The van der Waals surface area contributed by atoms with Crippen molar-refractivity contribution in [3.8, 4) is 4.97 Å². The Bertz CT molecular complexity index is 334. The normalized spacial score (nSPS) is 9.81. The average Bonchev–Trinajstić information content (AvgIpc) is 2.30. The van der Waals surface area contributed by atoms with Gasteiger partial charge in [-0.1, -0.05) is 0 Å². The van der Waals surface area contributed by atoms with E-state index in [0.717, 1.165) is 17.6 Å². The minimum absolute atomic E-state index is 0.0289. The predicted molar refractivity (Wildman–Crippen MR) is 70.2 cm³/mol. The van der Waals surface area contributed by atoms with Gasteiger partial charge < -0.3 is 0 Å². The molecule has 1 aromatic carbocycles. The van der Waals surface area contributed by atoms with Crippen LogP contribution in [-0.4, -0.2) is 28.0 Å². The van der Waals surface area contributed by atoms with Crippen molar-refractivity contribution in [1.29, 1.82) is 5.26 Å². The maximum absolute atomic E-state index is 8.63. The van der Waals surface area contributed by atoms with E-state index in [0.29, 0.717) is 0 Å². The van der Waals surface area contributed by atoms with Gasteiger partial charge >= 0.3 is 104 Å². The molecular weight excluding hydrogens is 263 g/mol. The third-order valence-corrected chi connectivity index (χ3v) is 3.61. The molecule has 2 nitrogen and oxygen atoms in total. The number of hydrogen-bond acceptors (Lipinski definition) is 2. The van der Waals surface area contributed by atoms with Crippen molar-refractivity contribution in [3.63, 3.8) is 0 Å². The molecule has 86 valence electrons. The first-order valence-corrected chi connectivity index (χ1v) is 7.44. The molecule has 0 unspecified atom stereocenters. The van der Waals surface area contributed by atoms with Gasteiger partial charge in [-0.2, -0.15) is 0 Å². The second-order valence-electron chi connectivity index (χ2n) is 3.67. The van der Waals surface area contributed by atoms with Gasteiger partial charge in [0, 0.05) is 0 Å². The van der Waals surface area contributed by atoms with Gasteiger partial charge in [0.1, 0.15) is 0 Å². The Hall–Kier alpha value is -0.971. The third-order valence-electron chi connectivity index (χ3n) is 2.35. The second-order valence-corrected chi connectivity index (χ2v) is 5.47. The van der Waals surface area contributed by atoms with Crippen LogP contribution in [0.1, 0.15) is 26.7 Å². The zero-order valence-electron chi connectivity index (χ0n) is 9.94. The summed E-state index contributed by atoms with van der Waals surface area (Å²) >= 11 is -0.0289. The molecule has 0 bridgehead atoms. The monoisotopic (exact) mass is 282 g/mol. The summed E-state index contributed by atoms with van der Waals surface area (Å²) in [5, 5.41) is 8.63. The van der Waals surface area contributed by atoms with Crippen LogP contribution in [0.25, 0.3) is 0 Å². The fourth-order valence-electron chi connectivity index (χ4n) is 1.69. The van der Waals surface area contributed by atoms with Crippen molar-refractivity contribution in [2.75, 3.05) is 18.0 Å². The molecule has 0 N–H and O–H groups in total. The Kier molecular flexibility index (Phi) is 6.00. The van der Waals surface area contributed by atoms with E-state index in [1.54, 1.807) is 0 Å². The van der Waals surface area contributed by atoms with Gasteiger partial charge in [0.15, 0.2) is 0 Å². The van der Waals surface area contributed by atoms with E-state index < -0.39 is 0 Å². The first kappa shape index (κ1) is 13.1. The topological polar surface area (TPSA) is 27.0 Å². The molecule has 1 aromatic rings. The summed E-state index contributed by atoms with van der Waals surface area (Å²) in [5.41, 5.74) is 1.28. The molecule has 0 aliphatic rings. The molecule has 0 atom stereocenters. The van der Waals surface area contributed by atoms with Gasteiger partial charge in [-0.3, -0.25) is 0 Å². The molecular formula is C13H18N2Se.